The first-order chi connectivity index (χ1) is 5.84. The van der Waals surface area contributed by atoms with Crippen molar-refractivity contribution in [3.05, 3.63) is 0 Å². The Kier molecular flexibility index (Phi) is 2.32. The number of hydrogen-bond donors (Lipinski definition) is 2. The lowest BCUT2D eigenvalue weighted by Gasteiger charge is -2.22. The summed E-state index contributed by atoms with van der Waals surface area (Å²) in [5, 5.41) is 2.63. The molecule has 2 amide bonds. The van der Waals surface area contributed by atoms with E-state index in [0.29, 0.717) is 5.92 Å². The van der Waals surface area contributed by atoms with Gasteiger partial charge >= 0.3 is 0 Å². The van der Waals surface area contributed by atoms with Crippen LogP contribution in [-0.2, 0) is 9.59 Å². The maximum atomic E-state index is 11.4. The van der Waals surface area contributed by atoms with Crippen molar-refractivity contribution in [1.29, 1.82) is 0 Å². The largest absolute Gasteiger partial charge is 0.368 e. The molecule has 13 heavy (non-hydrogen) atoms. The molecular weight excluding hydrogens is 168 g/mol. The molecule has 3 N–H and O–H groups in total. The number of nitrogens with one attached hydrogen (secondary N) is 1. The van der Waals surface area contributed by atoms with Gasteiger partial charge < -0.3 is 11.1 Å². The molecular formula is C9H16N2O2. The monoisotopic (exact) mass is 184 g/mol. The summed E-state index contributed by atoms with van der Waals surface area (Å²) < 4.78 is 0. The standard InChI is InChI=1S/C9H16N2O2/c1-5-4-6(5)7(12)11-9(2,3)8(10)13/h5-6H,4H2,1-3H3,(H2,10,13)(H,11,12). The Hall–Kier alpha value is -1.06. The van der Waals surface area contributed by atoms with Crippen molar-refractivity contribution in [3.8, 4) is 0 Å². The molecule has 0 aromatic carbocycles. The van der Waals surface area contributed by atoms with Gasteiger partial charge in [0.2, 0.25) is 11.8 Å². The maximum Gasteiger partial charge on any atom is 0.242 e. The molecule has 4 heteroatoms. The van der Waals surface area contributed by atoms with Gasteiger partial charge in [-0.05, 0) is 26.2 Å². The second-order valence-electron chi connectivity index (χ2n) is 4.30. The molecule has 0 bridgehead atoms. The molecule has 0 aromatic rings. The van der Waals surface area contributed by atoms with E-state index in [2.05, 4.69) is 5.32 Å². The van der Waals surface area contributed by atoms with Crippen LogP contribution in [0.5, 0.6) is 0 Å². The minimum Gasteiger partial charge on any atom is -0.368 e. The molecule has 0 radical (unpaired) electrons. The lowest BCUT2D eigenvalue weighted by Crippen LogP contribution is -2.53. The average molecular weight is 184 g/mol. The molecule has 74 valence electrons. The molecule has 0 saturated heterocycles. The number of carbonyl (C=O) groups excluding carboxylic acids is 2. The van der Waals surface area contributed by atoms with Crippen molar-refractivity contribution < 1.29 is 9.59 Å². The van der Waals surface area contributed by atoms with Crippen molar-refractivity contribution in [2.24, 2.45) is 17.6 Å². The van der Waals surface area contributed by atoms with Gasteiger partial charge in [-0.2, -0.15) is 0 Å². The summed E-state index contributed by atoms with van der Waals surface area (Å²) in [6, 6.07) is 0. The minimum atomic E-state index is -0.931. The number of hydrogen-bond acceptors (Lipinski definition) is 2. The highest BCUT2D eigenvalue weighted by Crippen LogP contribution is 2.37. The van der Waals surface area contributed by atoms with Crippen LogP contribution in [-0.4, -0.2) is 17.4 Å². The second kappa shape index (κ2) is 3.01. The van der Waals surface area contributed by atoms with Gasteiger partial charge in [-0.1, -0.05) is 6.92 Å². The highest BCUT2D eigenvalue weighted by Gasteiger charge is 2.41. The molecule has 1 rings (SSSR count). The number of nitrogens with two attached hydrogens (primary N) is 1. The predicted molar refractivity (Wildman–Crippen MR) is 48.7 cm³/mol. The smallest absolute Gasteiger partial charge is 0.242 e. The van der Waals surface area contributed by atoms with E-state index in [1.54, 1.807) is 13.8 Å². The number of amides is 2. The number of primary amides is 1. The third kappa shape index (κ3) is 2.20. The summed E-state index contributed by atoms with van der Waals surface area (Å²) in [4.78, 5) is 22.3. The third-order valence-electron chi connectivity index (χ3n) is 2.50. The zero-order valence-electron chi connectivity index (χ0n) is 8.26. The fraction of sp³-hybridized carbons (Fsp3) is 0.778. The van der Waals surface area contributed by atoms with Gasteiger partial charge in [0.15, 0.2) is 0 Å². The summed E-state index contributed by atoms with van der Waals surface area (Å²) in [5.41, 5.74) is 4.19. The predicted octanol–water partition coefficient (Wildman–Crippen LogP) is 0.0225. The van der Waals surface area contributed by atoms with Crippen LogP contribution in [0.2, 0.25) is 0 Å². The quantitative estimate of drug-likeness (QED) is 0.649. The molecule has 0 spiro atoms. The Bertz CT molecular complexity index is 248. The topological polar surface area (TPSA) is 72.2 Å². The molecule has 0 aliphatic heterocycles. The molecule has 2 unspecified atom stereocenters. The molecule has 2 atom stereocenters. The number of rotatable bonds is 3. The third-order valence-corrected chi connectivity index (χ3v) is 2.50. The Morgan fingerprint density at radius 2 is 1.92 bits per heavy atom. The molecule has 0 heterocycles. The normalized spacial score (nSPS) is 26.7. The summed E-state index contributed by atoms with van der Waals surface area (Å²) in [6.45, 7) is 5.24. The van der Waals surface area contributed by atoms with Crippen LogP contribution in [0.15, 0.2) is 0 Å². The fourth-order valence-corrected chi connectivity index (χ4v) is 1.15. The van der Waals surface area contributed by atoms with Crippen molar-refractivity contribution in [2.75, 3.05) is 0 Å². The van der Waals surface area contributed by atoms with E-state index in [1.165, 1.54) is 0 Å². The fourth-order valence-electron chi connectivity index (χ4n) is 1.15. The first-order valence-corrected chi connectivity index (χ1v) is 4.46. The van der Waals surface area contributed by atoms with Crippen LogP contribution in [0.1, 0.15) is 27.2 Å². The summed E-state index contributed by atoms with van der Waals surface area (Å²) >= 11 is 0. The van der Waals surface area contributed by atoms with Crippen LogP contribution >= 0.6 is 0 Å². The first kappa shape index (κ1) is 10.0. The molecule has 1 aliphatic carbocycles. The minimum absolute atomic E-state index is 0.0590. The Morgan fingerprint density at radius 3 is 2.23 bits per heavy atom. The van der Waals surface area contributed by atoms with Crippen LogP contribution < -0.4 is 11.1 Å². The van der Waals surface area contributed by atoms with Crippen LogP contribution in [0.3, 0.4) is 0 Å². The van der Waals surface area contributed by atoms with Crippen LogP contribution in [0.25, 0.3) is 0 Å². The van der Waals surface area contributed by atoms with Crippen LogP contribution in [0, 0.1) is 11.8 Å². The van der Waals surface area contributed by atoms with Crippen molar-refractivity contribution in [3.63, 3.8) is 0 Å². The van der Waals surface area contributed by atoms with Crippen molar-refractivity contribution in [1.82, 2.24) is 5.32 Å². The van der Waals surface area contributed by atoms with E-state index in [1.807, 2.05) is 6.92 Å². The van der Waals surface area contributed by atoms with E-state index in [4.69, 9.17) is 5.73 Å². The van der Waals surface area contributed by atoms with E-state index in [-0.39, 0.29) is 11.8 Å². The lowest BCUT2D eigenvalue weighted by molar-refractivity contribution is -0.131. The molecule has 1 saturated carbocycles. The van der Waals surface area contributed by atoms with Crippen LogP contribution in [0.4, 0.5) is 0 Å². The highest BCUT2D eigenvalue weighted by molar-refractivity contribution is 5.91. The van der Waals surface area contributed by atoms with Gasteiger partial charge in [0.1, 0.15) is 5.54 Å². The SMILES string of the molecule is CC1CC1C(=O)NC(C)(C)C(N)=O. The lowest BCUT2D eigenvalue weighted by atomic mass is 10.0. The molecule has 0 aromatic heterocycles. The zero-order chi connectivity index (χ0) is 10.2. The molecule has 1 aliphatic rings. The van der Waals surface area contributed by atoms with E-state index in [9.17, 15) is 9.59 Å². The Balaban J connectivity index is 2.48. The number of carbonyl (C=O) groups is 2. The van der Waals surface area contributed by atoms with Gasteiger partial charge in [0.25, 0.3) is 0 Å². The summed E-state index contributed by atoms with van der Waals surface area (Å²) in [6.07, 6.45) is 0.917. The summed E-state index contributed by atoms with van der Waals surface area (Å²) in [7, 11) is 0. The van der Waals surface area contributed by atoms with Crippen molar-refractivity contribution in [2.45, 2.75) is 32.7 Å². The van der Waals surface area contributed by atoms with E-state index < -0.39 is 11.4 Å². The van der Waals surface area contributed by atoms with Crippen molar-refractivity contribution >= 4 is 11.8 Å². The maximum absolute atomic E-state index is 11.4. The summed E-state index contributed by atoms with van der Waals surface area (Å²) in [5.74, 6) is -0.0345. The van der Waals surface area contributed by atoms with Gasteiger partial charge in [-0.3, -0.25) is 9.59 Å². The highest BCUT2D eigenvalue weighted by atomic mass is 16.2. The van der Waals surface area contributed by atoms with Gasteiger partial charge in [0.05, 0.1) is 0 Å². The first-order valence-electron chi connectivity index (χ1n) is 4.46. The van der Waals surface area contributed by atoms with E-state index in [0.717, 1.165) is 6.42 Å². The molecule has 4 nitrogen and oxygen atoms in total. The second-order valence-corrected chi connectivity index (χ2v) is 4.30. The van der Waals surface area contributed by atoms with Gasteiger partial charge in [0, 0.05) is 5.92 Å². The van der Waals surface area contributed by atoms with E-state index >= 15 is 0 Å². The Morgan fingerprint density at radius 1 is 1.46 bits per heavy atom. The molecule has 1 fully saturated rings. The Labute approximate surface area is 77.9 Å². The average Bonchev–Trinajstić information content (AvgIpc) is 2.65. The van der Waals surface area contributed by atoms with Gasteiger partial charge in [-0.15, -0.1) is 0 Å². The van der Waals surface area contributed by atoms with Gasteiger partial charge in [-0.25, -0.2) is 0 Å². The zero-order valence-corrected chi connectivity index (χ0v) is 8.26.